The molecule has 1 saturated heterocycles. The van der Waals surface area contributed by atoms with E-state index in [0.717, 1.165) is 43.1 Å². The van der Waals surface area contributed by atoms with Gasteiger partial charge in [-0.3, -0.25) is 4.79 Å². The summed E-state index contributed by atoms with van der Waals surface area (Å²) >= 11 is 0. The predicted molar refractivity (Wildman–Crippen MR) is 126 cm³/mol. The van der Waals surface area contributed by atoms with Gasteiger partial charge < -0.3 is 24.2 Å². The highest BCUT2D eigenvalue weighted by Crippen LogP contribution is 2.31. The Bertz CT molecular complexity index is 1310. The quantitative estimate of drug-likeness (QED) is 0.394. The van der Waals surface area contributed by atoms with Crippen molar-refractivity contribution >= 4 is 17.2 Å². The average molecular weight is 462 g/mol. The fourth-order valence-electron chi connectivity index (χ4n) is 4.25. The molecule has 1 unspecified atom stereocenters. The molecule has 0 amide bonds. The Morgan fingerprint density at radius 2 is 2.15 bits per heavy atom. The third kappa shape index (κ3) is 4.29. The second-order valence-electron chi connectivity index (χ2n) is 8.56. The molecule has 0 aliphatic carbocycles. The molecule has 1 atom stereocenters. The maximum Gasteiger partial charge on any atom is 0.247 e. The number of nitrogens with zero attached hydrogens (tertiary/aromatic N) is 6. The van der Waals surface area contributed by atoms with Gasteiger partial charge >= 0.3 is 0 Å². The number of nitrogens with two attached hydrogens (primary N) is 1. The summed E-state index contributed by atoms with van der Waals surface area (Å²) in [6, 6.07) is 4.19. The van der Waals surface area contributed by atoms with Crippen molar-refractivity contribution in [1.82, 2.24) is 29.2 Å². The largest absolute Gasteiger partial charge is 0.443 e. The number of aryl methyl sites for hydroxylation is 1. The summed E-state index contributed by atoms with van der Waals surface area (Å²) in [6.07, 6.45) is 8.76. The Labute approximate surface area is 196 Å². The molecule has 5 rings (SSSR count). The first kappa shape index (κ1) is 22.2. The molecule has 1 aliphatic heterocycles. The van der Waals surface area contributed by atoms with Gasteiger partial charge in [0.15, 0.2) is 17.3 Å². The number of anilines is 1. The number of fused-ring (bicyclic) bond motifs is 1. The number of carbonyl (C=O) groups excluding carboxylic acids is 1. The minimum absolute atomic E-state index is 0.0689. The van der Waals surface area contributed by atoms with Crippen molar-refractivity contribution < 1.29 is 13.9 Å². The number of imidazole rings is 1. The van der Waals surface area contributed by atoms with Gasteiger partial charge in [0, 0.05) is 42.7 Å². The number of oxazole rings is 1. The van der Waals surface area contributed by atoms with Gasteiger partial charge in [-0.1, -0.05) is 0 Å². The van der Waals surface area contributed by atoms with Crippen LogP contribution in [0.5, 0.6) is 0 Å². The highest BCUT2D eigenvalue weighted by Gasteiger charge is 2.23. The zero-order valence-corrected chi connectivity index (χ0v) is 19.3. The van der Waals surface area contributed by atoms with Gasteiger partial charge in [0.2, 0.25) is 5.89 Å². The summed E-state index contributed by atoms with van der Waals surface area (Å²) in [5.74, 6) is 0.219. The van der Waals surface area contributed by atoms with Crippen LogP contribution in [-0.4, -0.2) is 67.9 Å². The molecule has 176 valence electrons. The summed E-state index contributed by atoms with van der Waals surface area (Å²) < 4.78 is 12.9. The monoisotopic (exact) mass is 461 g/mol. The van der Waals surface area contributed by atoms with Crippen molar-refractivity contribution in [3.05, 3.63) is 48.4 Å². The van der Waals surface area contributed by atoms with Gasteiger partial charge in [0.25, 0.3) is 0 Å². The Balaban J connectivity index is 1.45. The molecule has 10 nitrogen and oxygen atoms in total. The maximum absolute atomic E-state index is 13.1. The van der Waals surface area contributed by atoms with E-state index in [1.165, 1.54) is 12.5 Å². The second kappa shape index (κ2) is 9.32. The van der Waals surface area contributed by atoms with E-state index in [2.05, 4.69) is 26.9 Å². The van der Waals surface area contributed by atoms with Crippen molar-refractivity contribution in [2.75, 3.05) is 32.5 Å². The molecule has 1 fully saturated rings. The van der Waals surface area contributed by atoms with Crippen molar-refractivity contribution in [3.8, 4) is 22.8 Å². The van der Waals surface area contributed by atoms with Gasteiger partial charge in [-0.05, 0) is 45.5 Å². The van der Waals surface area contributed by atoms with Gasteiger partial charge in [-0.2, -0.15) is 0 Å². The third-order valence-corrected chi connectivity index (χ3v) is 6.23. The summed E-state index contributed by atoms with van der Waals surface area (Å²) in [5.41, 5.74) is 9.78. The first-order valence-electron chi connectivity index (χ1n) is 11.3. The predicted octanol–water partition coefficient (Wildman–Crippen LogP) is 3.02. The van der Waals surface area contributed by atoms with E-state index < -0.39 is 0 Å². The molecule has 1 aliphatic rings. The number of rotatable bonds is 8. The molecular weight excluding hydrogens is 434 g/mol. The molecular formula is C24H27N7O3. The Morgan fingerprint density at radius 3 is 2.91 bits per heavy atom. The molecule has 0 saturated carbocycles. The lowest BCUT2D eigenvalue weighted by Gasteiger charge is -2.22. The number of Topliss-reactive ketones (excluding diaryl/α,β-unsaturated/α-hetero) is 1. The molecule has 5 heterocycles. The Morgan fingerprint density at radius 1 is 1.26 bits per heavy atom. The van der Waals surface area contributed by atoms with Crippen LogP contribution in [0.25, 0.3) is 28.5 Å². The zero-order valence-electron chi connectivity index (χ0n) is 19.3. The van der Waals surface area contributed by atoms with Crippen LogP contribution in [0.2, 0.25) is 0 Å². The van der Waals surface area contributed by atoms with E-state index >= 15 is 0 Å². The molecule has 0 spiro atoms. The third-order valence-electron chi connectivity index (χ3n) is 6.23. The lowest BCUT2D eigenvalue weighted by molar-refractivity contribution is 0.0968. The van der Waals surface area contributed by atoms with E-state index in [1.54, 1.807) is 6.20 Å². The van der Waals surface area contributed by atoms with Gasteiger partial charge in [0.05, 0.1) is 12.8 Å². The topological polar surface area (TPSA) is 125 Å². The normalized spacial score (nSPS) is 16.0. The van der Waals surface area contributed by atoms with Crippen molar-refractivity contribution in [2.45, 2.75) is 32.2 Å². The minimum atomic E-state index is -0.138. The fourth-order valence-corrected chi connectivity index (χ4v) is 4.25. The van der Waals surface area contributed by atoms with Crippen LogP contribution in [0.15, 0.2) is 41.4 Å². The van der Waals surface area contributed by atoms with Gasteiger partial charge in [0.1, 0.15) is 23.3 Å². The summed E-state index contributed by atoms with van der Waals surface area (Å²) in [7, 11) is 2.06. The van der Waals surface area contributed by atoms with Crippen molar-refractivity contribution in [3.63, 3.8) is 0 Å². The molecule has 10 heteroatoms. The molecule has 34 heavy (non-hydrogen) atoms. The van der Waals surface area contributed by atoms with E-state index in [0.29, 0.717) is 30.3 Å². The molecule has 4 aromatic heterocycles. The number of hydrogen-bond donors (Lipinski definition) is 1. The van der Waals surface area contributed by atoms with Crippen molar-refractivity contribution in [2.24, 2.45) is 0 Å². The molecule has 0 radical (unpaired) electrons. The summed E-state index contributed by atoms with van der Waals surface area (Å²) in [6.45, 7) is 4.31. The molecule has 0 aromatic carbocycles. The number of carbonyl (C=O) groups is 1. The molecule has 2 N–H and O–H groups in total. The number of likely N-dealkylation sites (N-methyl/N-ethyl adjacent to an activating group) is 1. The standard InChI is InChI=1S/C24H27N7O3/c1-15-12-27-19-6-5-16(13-31(15)19)20-22(24-26-8-11-34-24)29-23(25)21(28-20)18(32)4-3-9-30(2)17-7-10-33-14-17/h5-6,8,11-13,17H,3-4,7,9-10,14H2,1-2H3,(H2,25,29). The lowest BCUT2D eigenvalue weighted by Crippen LogP contribution is -2.33. The van der Waals surface area contributed by atoms with Gasteiger partial charge in [-0.15, -0.1) is 0 Å². The number of aromatic nitrogens is 5. The van der Waals surface area contributed by atoms with E-state index in [-0.39, 0.29) is 23.2 Å². The minimum Gasteiger partial charge on any atom is -0.443 e. The van der Waals surface area contributed by atoms with E-state index in [9.17, 15) is 4.79 Å². The fraction of sp³-hybridized carbons (Fsp3) is 0.375. The highest BCUT2D eigenvalue weighted by atomic mass is 16.5. The van der Waals surface area contributed by atoms with Crippen LogP contribution in [0, 0.1) is 6.92 Å². The number of nitrogen functional groups attached to an aromatic ring is 1. The zero-order chi connectivity index (χ0) is 23.7. The highest BCUT2D eigenvalue weighted by molar-refractivity contribution is 5.99. The van der Waals surface area contributed by atoms with E-state index in [4.69, 9.17) is 19.9 Å². The van der Waals surface area contributed by atoms with Crippen LogP contribution in [0.1, 0.15) is 35.4 Å². The lowest BCUT2D eigenvalue weighted by atomic mass is 10.1. The van der Waals surface area contributed by atoms with Crippen molar-refractivity contribution in [1.29, 1.82) is 0 Å². The smallest absolute Gasteiger partial charge is 0.247 e. The van der Waals surface area contributed by atoms with Crippen LogP contribution >= 0.6 is 0 Å². The molecule has 0 bridgehead atoms. The van der Waals surface area contributed by atoms with Crippen LogP contribution in [0.3, 0.4) is 0 Å². The van der Waals surface area contributed by atoms with Gasteiger partial charge in [-0.25, -0.2) is 19.9 Å². The maximum atomic E-state index is 13.1. The number of pyridine rings is 1. The average Bonchev–Trinajstić information content (AvgIpc) is 3.61. The SMILES string of the molecule is Cc1cnc2ccc(-c3nc(C(=O)CCCN(C)C4CCOC4)c(N)nc3-c3ncco3)cn12. The summed E-state index contributed by atoms with van der Waals surface area (Å²) in [4.78, 5) is 33.1. The Hall–Kier alpha value is -3.63. The molecule has 4 aromatic rings. The number of ether oxygens (including phenoxy) is 1. The second-order valence-corrected chi connectivity index (χ2v) is 8.56. The first-order chi connectivity index (χ1) is 16.5. The first-order valence-corrected chi connectivity index (χ1v) is 11.3. The Kier molecular flexibility index (Phi) is 6.08. The number of ketones is 1. The van der Waals surface area contributed by atoms with Crippen LogP contribution in [-0.2, 0) is 4.74 Å². The van der Waals surface area contributed by atoms with E-state index in [1.807, 2.05) is 29.7 Å². The summed E-state index contributed by atoms with van der Waals surface area (Å²) in [5, 5.41) is 0. The van der Waals surface area contributed by atoms with Crippen LogP contribution in [0.4, 0.5) is 5.82 Å². The number of hydrogen-bond acceptors (Lipinski definition) is 9. The van der Waals surface area contributed by atoms with Crippen LogP contribution < -0.4 is 5.73 Å².